The molecule has 1 aliphatic carbocycles. The van der Waals surface area contributed by atoms with Gasteiger partial charge in [0.1, 0.15) is 22.7 Å². The third kappa shape index (κ3) is 3.76. The third-order valence-corrected chi connectivity index (χ3v) is 7.91. The van der Waals surface area contributed by atoms with Crippen molar-refractivity contribution in [2.75, 3.05) is 7.11 Å². The number of methoxy groups -OCH3 is 1. The lowest BCUT2D eigenvalue weighted by Crippen LogP contribution is -2.15. The van der Waals surface area contributed by atoms with Gasteiger partial charge in [0.25, 0.3) is 5.56 Å². The van der Waals surface area contributed by atoms with E-state index in [0.717, 1.165) is 46.1 Å². The van der Waals surface area contributed by atoms with Gasteiger partial charge in [0, 0.05) is 10.9 Å². The van der Waals surface area contributed by atoms with E-state index in [-0.39, 0.29) is 10.8 Å². The van der Waals surface area contributed by atoms with Crippen LogP contribution in [0.5, 0.6) is 5.75 Å². The topological polar surface area (TPSA) is 85.7 Å². The molecule has 0 aliphatic heterocycles. The predicted octanol–water partition coefficient (Wildman–Crippen LogP) is 4.55. The lowest BCUT2D eigenvalue weighted by molar-refractivity contribution is 0.414. The van der Waals surface area contributed by atoms with Gasteiger partial charge in [-0.25, -0.2) is 4.98 Å². The highest BCUT2D eigenvalue weighted by Crippen LogP contribution is 2.38. The van der Waals surface area contributed by atoms with Crippen LogP contribution in [0.2, 0.25) is 0 Å². The molecule has 1 aromatic carbocycles. The number of fused-ring (bicyclic) bond motifs is 3. The number of ether oxygens (including phenoxy) is 1. The van der Waals surface area contributed by atoms with E-state index >= 15 is 0 Å². The molecule has 0 unspecified atom stereocenters. The lowest BCUT2D eigenvalue weighted by atomic mass is 9.89. The highest BCUT2D eigenvalue weighted by molar-refractivity contribution is 7.99. The van der Waals surface area contributed by atoms with Crippen LogP contribution in [0.25, 0.3) is 15.9 Å². The van der Waals surface area contributed by atoms with Crippen LogP contribution in [0.15, 0.2) is 40.5 Å². The Hall–Kier alpha value is -2.65. The van der Waals surface area contributed by atoms with Crippen molar-refractivity contribution in [1.29, 1.82) is 0 Å². The van der Waals surface area contributed by atoms with Crippen LogP contribution in [0.1, 0.15) is 41.8 Å². The Kier molecular flexibility index (Phi) is 5.31. The first-order chi connectivity index (χ1) is 15.0. The summed E-state index contributed by atoms with van der Waals surface area (Å²) in [4.78, 5) is 23.0. The van der Waals surface area contributed by atoms with Crippen LogP contribution in [-0.4, -0.2) is 31.8 Å². The molecule has 4 aromatic rings. The van der Waals surface area contributed by atoms with Crippen molar-refractivity contribution in [3.63, 3.8) is 0 Å². The Balaban J connectivity index is 1.46. The van der Waals surface area contributed by atoms with Gasteiger partial charge >= 0.3 is 0 Å². The van der Waals surface area contributed by atoms with E-state index in [0.29, 0.717) is 11.7 Å². The van der Waals surface area contributed by atoms with Gasteiger partial charge in [-0.15, -0.1) is 21.5 Å². The summed E-state index contributed by atoms with van der Waals surface area (Å²) in [7, 11) is 1.64. The standard InChI is InChI=1S/C22H23N5O2S2/c1-12-7-8-16-17(9-12)31-21-18(16)20(28)24-19(25-21)13(2)30-22-26-23-11-27(22)14-5-4-6-15(10-14)29-3/h4-6,10-13H,7-9H2,1-3H3,(H,24,25,28)/t12-,13-/m1/s1. The molecule has 5 rings (SSSR count). The summed E-state index contributed by atoms with van der Waals surface area (Å²) in [5.41, 5.74) is 2.08. The fraction of sp³-hybridized carbons (Fsp3) is 0.364. The van der Waals surface area contributed by atoms with E-state index < -0.39 is 0 Å². The Bertz CT molecular complexity index is 1310. The molecule has 3 heterocycles. The number of aromatic nitrogens is 5. The maximum atomic E-state index is 12.9. The van der Waals surface area contributed by atoms with Crippen LogP contribution in [0.4, 0.5) is 0 Å². The summed E-state index contributed by atoms with van der Waals surface area (Å²) in [5.74, 6) is 2.09. The first-order valence-electron chi connectivity index (χ1n) is 10.3. The van der Waals surface area contributed by atoms with E-state index in [4.69, 9.17) is 9.72 Å². The molecule has 3 aromatic heterocycles. The molecule has 0 spiro atoms. The van der Waals surface area contributed by atoms with Crippen LogP contribution in [-0.2, 0) is 12.8 Å². The number of nitrogens with one attached hydrogen (secondary N) is 1. The zero-order valence-electron chi connectivity index (χ0n) is 17.6. The van der Waals surface area contributed by atoms with Crippen molar-refractivity contribution >= 4 is 33.3 Å². The van der Waals surface area contributed by atoms with Gasteiger partial charge in [0.2, 0.25) is 0 Å². The van der Waals surface area contributed by atoms with E-state index in [9.17, 15) is 4.79 Å². The van der Waals surface area contributed by atoms with Crippen molar-refractivity contribution in [1.82, 2.24) is 24.7 Å². The molecule has 2 atom stereocenters. The smallest absolute Gasteiger partial charge is 0.259 e. The molecule has 160 valence electrons. The zero-order valence-corrected chi connectivity index (χ0v) is 19.2. The minimum Gasteiger partial charge on any atom is -0.497 e. The van der Waals surface area contributed by atoms with E-state index in [1.165, 1.54) is 22.2 Å². The van der Waals surface area contributed by atoms with Crippen LogP contribution in [0, 0.1) is 5.92 Å². The Labute approximate surface area is 187 Å². The van der Waals surface area contributed by atoms with Crippen molar-refractivity contribution in [2.24, 2.45) is 5.92 Å². The second kappa shape index (κ2) is 8.12. The fourth-order valence-electron chi connectivity index (χ4n) is 4.01. The van der Waals surface area contributed by atoms with Crippen molar-refractivity contribution in [3.05, 3.63) is 57.2 Å². The molecule has 0 radical (unpaired) electrons. The van der Waals surface area contributed by atoms with Crippen LogP contribution < -0.4 is 10.3 Å². The number of rotatable bonds is 5. The number of aromatic amines is 1. The normalized spacial score (nSPS) is 16.9. The molecule has 1 aliphatic rings. The molecular weight excluding hydrogens is 430 g/mol. The highest BCUT2D eigenvalue weighted by Gasteiger charge is 2.24. The largest absolute Gasteiger partial charge is 0.497 e. The minimum absolute atomic E-state index is 0.0336. The maximum absolute atomic E-state index is 12.9. The van der Waals surface area contributed by atoms with Crippen molar-refractivity contribution < 1.29 is 4.74 Å². The van der Waals surface area contributed by atoms with Crippen LogP contribution >= 0.6 is 23.1 Å². The summed E-state index contributed by atoms with van der Waals surface area (Å²) in [5, 5.41) is 9.77. The van der Waals surface area contributed by atoms with Crippen molar-refractivity contribution in [2.45, 2.75) is 43.5 Å². The molecule has 31 heavy (non-hydrogen) atoms. The average Bonchev–Trinajstić information content (AvgIpc) is 3.37. The van der Waals surface area contributed by atoms with E-state index in [2.05, 4.69) is 22.1 Å². The Morgan fingerprint density at radius 3 is 3.10 bits per heavy atom. The van der Waals surface area contributed by atoms with Crippen LogP contribution in [0.3, 0.4) is 0 Å². The molecule has 9 heteroatoms. The van der Waals surface area contributed by atoms with Gasteiger partial charge < -0.3 is 9.72 Å². The highest BCUT2D eigenvalue weighted by atomic mass is 32.2. The third-order valence-electron chi connectivity index (χ3n) is 5.70. The number of hydrogen-bond acceptors (Lipinski definition) is 7. The minimum atomic E-state index is -0.0938. The van der Waals surface area contributed by atoms with Gasteiger partial charge in [0.05, 0.1) is 23.4 Å². The first-order valence-corrected chi connectivity index (χ1v) is 12.0. The van der Waals surface area contributed by atoms with Gasteiger partial charge in [-0.3, -0.25) is 9.36 Å². The SMILES string of the molecule is COc1cccc(-n2cnnc2S[C@H](C)c2nc3sc4c(c3c(=O)[nH]2)CC[C@@H](C)C4)c1. The number of nitrogens with zero attached hydrogens (tertiary/aromatic N) is 4. The number of H-pyrrole nitrogens is 1. The molecule has 7 nitrogen and oxygen atoms in total. The van der Waals surface area contributed by atoms with Gasteiger partial charge in [-0.2, -0.15) is 0 Å². The molecule has 0 bridgehead atoms. The quantitative estimate of drug-likeness (QED) is 0.446. The summed E-state index contributed by atoms with van der Waals surface area (Å²) in [6.45, 7) is 4.29. The van der Waals surface area contributed by atoms with E-state index in [1.807, 2.05) is 35.8 Å². The average molecular weight is 454 g/mol. The molecule has 0 fully saturated rings. The van der Waals surface area contributed by atoms with E-state index in [1.54, 1.807) is 24.8 Å². The number of aryl methyl sites for hydroxylation is 1. The molecule has 0 saturated heterocycles. The summed E-state index contributed by atoms with van der Waals surface area (Å²) in [6.07, 6.45) is 4.82. The zero-order chi connectivity index (χ0) is 21.5. The number of thiophene rings is 1. The second-order valence-corrected chi connectivity index (χ2v) is 10.3. The maximum Gasteiger partial charge on any atom is 0.259 e. The summed E-state index contributed by atoms with van der Waals surface area (Å²) < 4.78 is 7.24. The lowest BCUT2D eigenvalue weighted by Gasteiger charge is -2.17. The number of benzene rings is 1. The second-order valence-electron chi connectivity index (χ2n) is 7.93. The molecule has 1 N–H and O–H groups in total. The van der Waals surface area contributed by atoms with Gasteiger partial charge in [-0.05, 0) is 49.8 Å². The molecule has 0 saturated carbocycles. The van der Waals surface area contributed by atoms with Crippen molar-refractivity contribution in [3.8, 4) is 11.4 Å². The fourth-order valence-corrected chi connectivity index (χ4v) is 6.30. The summed E-state index contributed by atoms with van der Waals surface area (Å²) in [6, 6.07) is 7.73. The number of hydrogen-bond donors (Lipinski definition) is 1. The monoisotopic (exact) mass is 453 g/mol. The molecule has 0 amide bonds. The first kappa shape index (κ1) is 20.3. The van der Waals surface area contributed by atoms with Gasteiger partial charge in [-0.1, -0.05) is 24.8 Å². The Morgan fingerprint density at radius 1 is 1.39 bits per heavy atom. The predicted molar refractivity (Wildman–Crippen MR) is 124 cm³/mol. The molecular formula is C22H23N5O2S2. The summed E-state index contributed by atoms with van der Waals surface area (Å²) >= 11 is 3.19. The Morgan fingerprint density at radius 2 is 2.26 bits per heavy atom. The number of thioether (sulfide) groups is 1. The van der Waals surface area contributed by atoms with Gasteiger partial charge in [0.15, 0.2) is 5.16 Å².